The molecule has 2 rings (SSSR count). The quantitative estimate of drug-likeness (QED) is 0.738. The van der Waals surface area contributed by atoms with Gasteiger partial charge in [0.2, 0.25) is 0 Å². The lowest BCUT2D eigenvalue weighted by molar-refractivity contribution is 0.304. The topological polar surface area (TPSA) is 9.23 Å². The summed E-state index contributed by atoms with van der Waals surface area (Å²) >= 11 is 9.01. The van der Waals surface area contributed by atoms with E-state index in [-0.39, 0.29) is 0 Å². The maximum atomic E-state index is 13.3. The van der Waals surface area contributed by atoms with Crippen LogP contribution in [-0.2, 0) is 6.61 Å². The lowest BCUT2D eigenvalue weighted by Gasteiger charge is -2.08. The molecule has 0 fully saturated rings. The number of benzene rings is 2. The SMILES string of the molecule is Fc1cc(OCc2ccccc2)c(Cl)cc1Br. The summed E-state index contributed by atoms with van der Waals surface area (Å²) in [4.78, 5) is 0. The summed E-state index contributed by atoms with van der Waals surface area (Å²) in [7, 11) is 0. The van der Waals surface area contributed by atoms with E-state index in [4.69, 9.17) is 16.3 Å². The normalized spacial score (nSPS) is 10.3. The number of hydrogen-bond acceptors (Lipinski definition) is 1. The second kappa shape index (κ2) is 5.52. The van der Waals surface area contributed by atoms with Crippen molar-refractivity contribution in [2.45, 2.75) is 6.61 Å². The van der Waals surface area contributed by atoms with Gasteiger partial charge in [-0.3, -0.25) is 0 Å². The molecular weight excluding hydrogens is 306 g/mol. The first kappa shape index (κ1) is 12.4. The molecule has 0 radical (unpaired) electrons. The number of rotatable bonds is 3. The first-order chi connectivity index (χ1) is 8.16. The van der Waals surface area contributed by atoms with Gasteiger partial charge in [0.15, 0.2) is 0 Å². The van der Waals surface area contributed by atoms with Crippen LogP contribution in [0.3, 0.4) is 0 Å². The standard InChI is InChI=1S/C13H9BrClFO/c14-10-6-11(15)13(7-12(10)16)17-8-9-4-2-1-3-5-9/h1-7H,8H2. The number of ether oxygens (including phenoxy) is 1. The zero-order valence-electron chi connectivity index (χ0n) is 8.79. The zero-order valence-corrected chi connectivity index (χ0v) is 11.1. The van der Waals surface area contributed by atoms with Gasteiger partial charge in [0, 0.05) is 6.07 Å². The Labute approximate surface area is 112 Å². The molecule has 0 aliphatic rings. The average molecular weight is 316 g/mol. The fourth-order valence-corrected chi connectivity index (χ4v) is 2.04. The molecule has 0 atom stereocenters. The van der Waals surface area contributed by atoms with E-state index < -0.39 is 5.82 Å². The first-order valence-electron chi connectivity index (χ1n) is 4.98. The summed E-state index contributed by atoms with van der Waals surface area (Å²) in [5, 5.41) is 0.384. The Morgan fingerprint density at radius 3 is 2.59 bits per heavy atom. The van der Waals surface area contributed by atoms with E-state index >= 15 is 0 Å². The minimum absolute atomic E-state index is 0.328. The van der Waals surface area contributed by atoms with E-state index in [0.29, 0.717) is 21.9 Å². The van der Waals surface area contributed by atoms with Crippen LogP contribution >= 0.6 is 27.5 Å². The molecule has 88 valence electrons. The van der Waals surface area contributed by atoms with Gasteiger partial charge in [0.05, 0.1) is 9.50 Å². The summed E-state index contributed by atoms with van der Waals surface area (Å²) in [6, 6.07) is 12.4. The Morgan fingerprint density at radius 2 is 1.88 bits per heavy atom. The Bertz CT molecular complexity index is 516. The van der Waals surface area contributed by atoms with Gasteiger partial charge in [-0.2, -0.15) is 0 Å². The molecule has 2 aromatic rings. The highest BCUT2D eigenvalue weighted by Crippen LogP contribution is 2.30. The number of halogens is 3. The van der Waals surface area contributed by atoms with Crippen LogP contribution in [0.4, 0.5) is 4.39 Å². The van der Waals surface area contributed by atoms with E-state index in [9.17, 15) is 4.39 Å². The Morgan fingerprint density at radius 1 is 1.18 bits per heavy atom. The van der Waals surface area contributed by atoms with Crippen molar-refractivity contribution in [2.75, 3.05) is 0 Å². The van der Waals surface area contributed by atoms with Crippen molar-refractivity contribution in [2.24, 2.45) is 0 Å². The molecule has 0 saturated carbocycles. The molecule has 0 bridgehead atoms. The molecule has 0 amide bonds. The van der Waals surface area contributed by atoms with Crippen molar-refractivity contribution in [3.63, 3.8) is 0 Å². The molecule has 0 N–H and O–H groups in total. The lowest BCUT2D eigenvalue weighted by Crippen LogP contribution is -1.96. The van der Waals surface area contributed by atoms with Crippen LogP contribution in [0, 0.1) is 5.82 Å². The summed E-state index contributed by atoms with van der Waals surface area (Å²) in [6.07, 6.45) is 0. The molecule has 0 aliphatic heterocycles. The van der Waals surface area contributed by atoms with Crippen LogP contribution in [0.2, 0.25) is 5.02 Å². The van der Waals surface area contributed by atoms with Gasteiger partial charge in [-0.25, -0.2) is 4.39 Å². The fraction of sp³-hybridized carbons (Fsp3) is 0.0769. The van der Waals surface area contributed by atoms with Crippen molar-refractivity contribution in [1.29, 1.82) is 0 Å². The van der Waals surface area contributed by atoms with Gasteiger partial charge in [0.1, 0.15) is 18.2 Å². The van der Waals surface area contributed by atoms with E-state index in [2.05, 4.69) is 15.9 Å². The van der Waals surface area contributed by atoms with Crippen molar-refractivity contribution in [1.82, 2.24) is 0 Å². The molecule has 0 spiro atoms. The van der Waals surface area contributed by atoms with E-state index in [1.54, 1.807) is 0 Å². The van der Waals surface area contributed by atoms with E-state index in [0.717, 1.165) is 5.56 Å². The molecular formula is C13H9BrClFO. The minimum atomic E-state index is -0.391. The van der Waals surface area contributed by atoms with Gasteiger partial charge >= 0.3 is 0 Å². The van der Waals surface area contributed by atoms with Gasteiger partial charge in [0.25, 0.3) is 0 Å². The van der Waals surface area contributed by atoms with Gasteiger partial charge in [-0.15, -0.1) is 0 Å². The lowest BCUT2D eigenvalue weighted by atomic mass is 10.2. The first-order valence-corrected chi connectivity index (χ1v) is 6.15. The average Bonchev–Trinajstić information content (AvgIpc) is 2.33. The smallest absolute Gasteiger partial charge is 0.141 e. The van der Waals surface area contributed by atoms with Gasteiger partial charge in [-0.05, 0) is 27.6 Å². The molecule has 2 aromatic carbocycles. The second-order valence-electron chi connectivity index (χ2n) is 3.47. The zero-order chi connectivity index (χ0) is 12.3. The molecule has 0 unspecified atom stereocenters. The molecule has 0 aromatic heterocycles. The maximum absolute atomic E-state index is 13.3. The summed E-state index contributed by atoms with van der Waals surface area (Å²) < 4.78 is 19.1. The highest BCUT2D eigenvalue weighted by molar-refractivity contribution is 9.10. The summed E-state index contributed by atoms with van der Waals surface area (Å²) in [5.41, 5.74) is 1.01. The molecule has 4 heteroatoms. The molecule has 0 aliphatic carbocycles. The van der Waals surface area contributed by atoms with Crippen molar-refractivity contribution in [3.8, 4) is 5.75 Å². The van der Waals surface area contributed by atoms with Crippen molar-refractivity contribution < 1.29 is 9.13 Å². The monoisotopic (exact) mass is 314 g/mol. The minimum Gasteiger partial charge on any atom is -0.487 e. The molecule has 17 heavy (non-hydrogen) atoms. The Hall–Kier alpha value is -1.06. The summed E-state index contributed by atoms with van der Waals surface area (Å²) in [6.45, 7) is 0.363. The fourth-order valence-electron chi connectivity index (χ4n) is 1.35. The Balaban J connectivity index is 2.12. The third-order valence-corrected chi connectivity index (χ3v) is 3.12. The van der Waals surface area contributed by atoms with Crippen LogP contribution in [0.15, 0.2) is 46.9 Å². The third kappa shape index (κ3) is 3.20. The third-order valence-electron chi connectivity index (χ3n) is 2.21. The van der Waals surface area contributed by atoms with E-state index in [1.807, 2.05) is 30.3 Å². The van der Waals surface area contributed by atoms with Crippen LogP contribution in [-0.4, -0.2) is 0 Å². The number of hydrogen-bond donors (Lipinski definition) is 0. The molecule has 1 nitrogen and oxygen atoms in total. The van der Waals surface area contributed by atoms with Gasteiger partial charge < -0.3 is 4.74 Å². The highest BCUT2D eigenvalue weighted by atomic mass is 79.9. The van der Waals surface area contributed by atoms with Crippen LogP contribution in [0.25, 0.3) is 0 Å². The van der Waals surface area contributed by atoms with Crippen LogP contribution in [0.5, 0.6) is 5.75 Å². The van der Waals surface area contributed by atoms with Gasteiger partial charge in [-0.1, -0.05) is 41.9 Å². The second-order valence-corrected chi connectivity index (χ2v) is 4.73. The van der Waals surface area contributed by atoms with Crippen molar-refractivity contribution >= 4 is 27.5 Å². The predicted molar refractivity (Wildman–Crippen MR) is 69.9 cm³/mol. The largest absolute Gasteiger partial charge is 0.487 e. The van der Waals surface area contributed by atoms with Crippen molar-refractivity contribution in [3.05, 3.63) is 63.3 Å². The maximum Gasteiger partial charge on any atom is 0.141 e. The predicted octanol–water partition coefficient (Wildman–Crippen LogP) is 4.82. The Kier molecular flexibility index (Phi) is 4.02. The molecule has 0 saturated heterocycles. The summed E-state index contributed by atoms with van der Waals surface area (Å²) in [5.74, 6) is -0.0475. The van der Waals surface area contributed by atoms with Crippen LogP contribution in [0.1, 0.15) is 5.56 Å². The molecule has 0 heterocycles. The highest BCUT2D eigenvalue weighted by Gasteiger charge is 2.07. The van der Waals surface area contributed by atoms with Crippen LogP contribution < -0.4 is 4.74 Å². The van der Waals surface area contributed by atoms with E-state index in [1.165, 1.54) is 12.1 Å².